The number of rotatable bonds is 2. The Labute approximate surface area is 212 Å². The summed E-state index contributed by atoms with van der Waals surface area (Å²) in [6.07, 6.45) is 0. The summed E-state index contributed by atoms with van der Waals surface area (Å²) in [5.41, 5.74) is 14.4. The van der Waals surface area contributed by atoms with Crippen LogP contribution in [0.15, 0.2) is 103 Å². The van der Waals surface area contributed by atoms with Crippen LogP contribution < -0.4 is 0 Å². The topological polar surface area (TPSA) is 4.93 Å². The number of nitrogens with zero attached hydrogens (tertiary/aromatic N) is 1. The maximum Gasteiger partial charge on any atom is 0.0582 e. The van der Waals surface area contributed by atoms with E-state index in [0.29, 0.717) is 0 Å². The highest BCUT2D eigenvalue weighted by Gasteiger charge is 2.34. The molecule has 0 unspecified atom stereocenters. The van der Waals surface area contributed by atoms with Crippen LogP contribution in [0.1, 0.15) is 36.1 Å². The maximum absolute atomic E-state index is 2.48. The molecule has 0 atom stereocenters. The van der Waals surface area contributed by atoms with Crippen molar-refractivity contribution >= 4 is 21.8 Å². The van der Waals surface area contributed by atoms with E-state index in [0.717, 1.165) is 0 Å². The average Bonchev–Trinajstić information content (AvgIpc) is 3.23. The molecule has 1 aromatic heterocycles. The number of benzene rings is 5. The lowest BCUT2D eigenvalue weighted by Crippen LogP contribution is -2.26. The van der Waals surface area contributed by atoms with E-state index in [9.17, 15) is 0 Å². The molecule has 0 saturated heterocycles. The van der Waals surface area contributed by atoms with Crippen molar-refractivity contribution in [2.45, 2.75) is 33.1 Å². The molecule has 0 saturated carbocycles. The standard InChI is InChI=1S/C35H29N/c1-22-10-5-6-11-26(22)28-20-24(17-16-23(28)2)25-18-19-32-29(21-25)27-12-9-14-31-34(27)36(32)33-15-8-7-13-30(33)35(31,3)4/h5-21H,1-4H3. The van der Waals surface area contributed by atoms with Crippen LogP contribution >= 0.6 is 0 Å². The van der Waals surface area contributed by atoms with Crippen molar-refractivity contribution in [3.05, 3.63) is 125 Å². The molecule has 1 nitrogen and oxygen atoms in total. The van der Waals surface area contributed by atoms with Crippen molar-refractivity contribution in [2.24, 2.45) is 0 Å². The van der Waals surface area contributed by atoms with Crippen LogP contribution in [0.2, 0.25) is 0 Å². The lowest BCUT2D eigenvalue weighted by molar-refractivity contribution is 0.630. The molecule has 0 bridgehead atoms. The lowest BCUT2D eigenvalue weighted by Gasteiger charge is -2.34. The van der Waals surface area contributed by atoms with Gasteiger partial charge >= 0.3 is 0 Å². The van der Waals surface area contributed by atoms with Crippen molar-refractivity contribution in [3.63, 3.8) is 0 Å². The zero-order valence-corrected chi connectivity index (χ0v) is 21.3. The molecule has 1 heteroatoms. The molecule has 174 valence electrons. The van der Waals surface area contributed by atoms with Crippen LogP contribution in [0.3, 0.4) is 0 Å². The first-order valence-electron chi connectivity index (χ1n) is 12.8. The van der Waals surface area contributed by atoms with E-state index in [1.807, 2.05) is 0 Å². The SMILES string of the molecule is Cc1ccccc1-c1cc(-c2ccc3c(c2)c2cccc4c2n3-c2ccccc2C4(C)C)ccc1C. The van der Waals surface area contributed by atoms with E-state index in [4.69, 9.17) is 0 Å². The van der Waals surface area contributed by atoms with Gasteiger partial charge in [0.15, 0.2) is 0 Å². The molecule has 0 amide bonds. The van der Waals surface area contributed by atoms with Crippen molar-refractivity contribution in [1.29, 1.82) is 0 Å². The van der Waals surface area contributed by atoms with Crippen LogP contribution in [-0.4, -0.2) is 4.57 Å². The number of hydrogen-bond acceptors (Lipinski definition) is 0. The second-order valence-electron chi connectivity index (χ2n) is 10.8. The molecule has 0 spiro atoms. The molecule has 0 radical (unpaired) electrons. The van der Waals surface area contributed by atoms with Gasteiger partial charge in [0.1, 0.15) is 0 Å². The monoisotopic (exact) mass is 463 g/mol. The third kappa shape index (κ3) is 2.83. The quantitative estimate of drug-likeness (QED) is 0.241. The molecular formula is C35H29N. The Hall–Kier alpha value is -4.10. The lowest BCUT2D eigenvalue weighted by atomic mass is 9.75. The summed E-state index contributed by atoms with van der Waals surface area (Å²) in [5.74, 6) is 0. The number of fused-ring (bicyclic) bond motifs is 5. The highest BCUT2D eigenvalue weighted by Crippen LogP contribution is 2.47. The Balaban J connectivity index is 1.49. The molecule has 7 rings (SSSR count). The van der Waals surface area contributed by atoms with Gasteiger partial charge in [-0.25, -0.2) is 0 Å². The van der Waals surface area contributed by atoms with E-state index < -0.39 is 0 Å². The summed E-state index contributed by atoms with van der Waals surface area (Å²) in [5, 5.41) is 2.65. The first kappa shape index (κ1) is 21.2. The molecule has 6 aromatic rings. The summed E-state index contributed by atoms with van der Waals surface area (Å²) in [6, 6.07) is 38.3. The van der Waals surface area contributed by atoms with E-state index >= 15 is 0 Å². The van der Waals surface area contributed by atoms with Crippen molar-refractivity contribution < 1.29 is 0 Å². The van der Waals surface area contributed by atoms with E-state index in [-0.39, 0.29) is 5.41 Å². The minimum atomic E-state index is -0.0390. The van der Waals surface area contributed by atoms with Gasteiger partial charge in [-0.15, -0.1) is 0 Å². The summed E-state index contributed by atoms with van der Waals surface area (Å²) >= 11 is 0. The van der Waals surface area contributed by atoms with Crippen LogP contribution in [-0.2, 0) is 5.41 Å². The van der Waals surface area contributed by atoms with Crippen LogP contribution in [0.5, 0.6) is 0 Å². The maximum atomic E-state index is 2.48. The predicted octanol–water partition coefficient (Wildman–Crippen LogP) is 9.37. The largest absolute Gasteiger partial charge is 0.309 e. The number of aryl methyl sites for hydroxylation is 2. The van der Waals surface area contributed by atoms with Crippen molar-refractivity contribution in [3.8, 4) is 27.9 Å². The average molecular weight is 464 g/mol. The van der Waals surface area contributed by atoms with Gasteiger partial charge in [0, 0.05) is 16.2 Å². The third-order valence-electron chi connectivity index (χ3n) is 8.29. The summed E-state index contributed by atoms with van der Waals surface area (Å²) in [7, 11) is 0. The second kappa shape index (κ2) is 7.45. The normalized spacial score (nSPS) is 13.8. The number of para-hydroxylation sites is 2. The van der Waals surface area contributed by atoms with Crippen molar-refractivity contribution in [2.75, 3.05) is 0 Å². The Bertz CT molecular complexity index is 1830. The third-order valence-corrected chi connectivity index (χ3v) is 8.29. The molecule has 36 heavy (non-hydrogen) atoms. The molecule has 1 aliphatic heterocycles. The van der Waals surface area contributed by atoms with Gasteiger partial charge in [0.05, 0.1) is 16.7 Å². The molecule has 0 fully saturated rings. The second-order valence-corrected chi connectivity index (χ2v) is 10.8. The van der Waals surface area contributed by atoms with Gasteiger partial charge in [-0.3, -0.25) is 0 Å². The summed E-state index contributed by atoms with van der Waals surface area (Å²) < 4.78 is 2.48. The van der Waals surface area contributed by atoms with Gasteiger partial charge in [0.2, 0.25) is 0 Å². The first-order chi connectivity index (χ1) is 17.4. The minimum Gasteiger partial charge on any atom is -0.309 e. The van der Waals surface area contributed by atoms with Crippen LogP contribution in [0.25, 0.3) is 49.7 Å². The van der Waals surface area contributed by atoms with Gasteiger partial charge in [-0.1, -0.05) is 92.7 Å². The Morgan fingerprint density at radius 3 is 2.11 bits per heavy atom. The fourth-order valence-corrected chi connectivity index (χ4v) is 6.31. The molecule has 1 aliphatic rings. The summed E-state index contributed by atoms with van der Waals surface area (Å²) in [4.78, 5) is 0. The number of aromatic nitrogens is 1. The Morgan fingerprint density at radius 2 is 1.25 bits per heavy atom. The van der Waals surface area contributed by atoms with Gasteiger partial charge < -0.3 is 4.57 Å². The predicted molar refractivity (Wildman–Crippen MR) is 153 cm³/mol. The van der Waals surface area contributed by atoms with Crippen LogP contribution in [0, 0.1) is 13.8 Å². The zero-order valence-electron chi connectivity index (χ0n) is 21.3. The molecule has 5 aromatic carbocycles. The highest BCUT2D eigenvalue weighted by molar-refractivity contribution is 6.12. The minimum absolute atomic E-state index is 0.0390. The smallest absolute Gasteiger partial charge is 0.0582 e. The van der Waals surface area contributed by atoms with E-state index in [1.165, 1.54) is 72.0 Å². The summed E-state index contributed by atoms with van der Waals surface area (Å²) in [6.45, 7) is 9.11. The first-order valence-corrected chi connectivity index (χ1v) is 12.8. The van der Waals surface area contributed by atoms with Gasteiger partial charge in [-0.05, 0) is 82.6 Å². The fraction of sp³-hybridized carbons (Fsp3) is 0.143. The van der Waals surface area contributed by atoms with Gasteiger partial charge in [0.25, 0.3) is 0 Å². The fourth-order valence-electron chi connectivity index (χ4n) is 6.31. The Kier molecular flexibility index (Phi) is 4.39. The van der Waals surface area contributed by atoms with E-state index in [1.54, 1.807) is 0 Å². The number of hydrogen-bond donors (Lipinski definition) is 0. The zero-order chi connectivity index (χ0) is 24.6. The van der Waals surface area contributed by atoms with Gasteiger partial charge in [-0.2, -0.15) is 0 Å². The molecular weight excluding hydrogens is 434 g/mol. The van der Waals surface area contributed by atoms with Crippen molar-refractivity contribution in [1.82, 2.24) is 4.57 Å². The van der Waals surface area contributed by atoms with Crippen LogP contribution in [0.4, 0.5) is 0 Å². The van der Waals surface area contributed by atoms with E-state index in [2.05, 4.69) is 135 Å². The molecule has 0 aliphatic carbocycles. The molecule has 2 heterocycles. The highest BCUT2D eigenvalue weighted by atomic mass is 15.0. The Morgan fingerprint density at radius 1 is 0.556 bits per heavy atom. The molecule has 0 N–H and O–H groups in total.